The van der Waals surface area contributed by atoms with E-state index in [2.05, 4.69) is 29.0 Å². The van der Waals surface area contributed by atoms with Gasteiger partial charge in [-0.3, -0.25) is 39.2 Å². The van der Waals surface area contributed by atoms with Crippen molar-refractivity contribution in [1.82, 2.24) is 15.1 Å². The fraction of sp³-hybridized carbons (Fsp3) is 0.467. The third-order valence-corrected chi connectivity index (χ3v) is 12.3. The van der Waals surface area contributed by atoms with Crippen molar-refractivity contribution < 1.29 is 37.1 Å². The largest absolute Gasteiger partial charge is 0.492 e. The number of Topliss-reactive ketones (excluding diaryl/α,β-unsaturated/α-hetero) is 1. The molecular formula is C45H51F3N6O5S. The van der Waals surface area contributed by atoms with E-state index in [0.29, 0.717) is 63.2 Å². The van der Waals surface area contributed by atoms with E-state index in [1.807, 2.05) is 50.2 Å². The second kappa shape index (κ2) is 17.8. The summed E-state index contributed by atoms with van der Waals surface area (Å²) in [5.74, 6) is -0.407. The van der Waals surface area contributed by atoms with Crippen LogP contribution in [0.4, 0.5) is 24.5 Å². The molecule has 11 nitrogen and oxygen atoms in total. The Morgan fingerprint density at radius 1 is 1.03 bits per heavy atom. The first-order chi connectivity index (χ1) is 28.3. The smallest absolute Gasteiger partial charge is 0.417 e. The molecule has 6 rings (SSSR count). The van der Waals surface area contributed by atoms with Gasteiger partial charge >= 0.3 is 6.18 Å². The fourth-order valence-corrected chi connectivity index (χ4v) is 9.30. The summed E-state index contributed by atoms with van der Waals surface area (Å²) in [6.07, 6.45) is -2.50. The molecule has 0 aromatic heterocycles. The summed E-state index contributed by atoms with van der Waals surface area (Å²) in [6.45, 7) is 14.5. The van der Waals surface area contributed by atoms with Crippen LogP contribution in [0.25, 0.3) is 0 Å². The van der Waals surface area contributed by atoms with Gasteiger partial charge in [-0.15, -0.1) is 0 Å². The normalized spacial score (nSPS) is 21.3. The lowest BCUT2D eigenvalue weighted by Gasteiger charge is -2.44. The number of nitrogens with one attached hydrogen (secondary N) is 1. The lowest BCUT2D eigenvalue weighted by molar-refractivity contribution is -0.138. The molecule has 3 heterocycles. The molecule has 3 fully saturated rings. The standard InChI is InChI=1S/C45H51F3N6O5S/c1-7-36-29(4)38(54-43(60)53(42(58)44(54,5)6)34-13-11-33(23-49)37(22-34)45(46,47)48)14-15-39(36)59-18-17-51-24-27(2)52(28(3)25-51)26-35(55)21-31-10-8-9-30(19-31)20-32-12-16-40(56)50-41(32)57/h8-11,13-15,19,22,27-28,32H,7,12,16-18,20-21,24-26H2,1-6H3,(H,50,56,57)/t27-,28+,32?. The number of halogens is 3. The summed E-state index contributed by atoms with van der Waals surface area (Å²) in [4.78, 5) is 58.3. The molecule has 0 radical (unpaired) electrons. The molecule has 3 atom stereocenters. The Hall–Kier alpha value is -5.17. The van der Waals surface area contributed by atoms with Crippen molar-refractivity contribution in [2.24, 2.45) is 5.92 Å². The second-order valence-corrected chi connectivity index (χ2v) is 16.9. The molecule has 1 unspecified atom stereocenters. The van der Waals surface area contributed by atoms with Gasteiger partial charge in [0, 0.05) is 56.2 Å². The number of ether oxygens (including phenoxy) is 1. The van der Waals surface area contributed by atoms with Gasteiger partial charge in [0.15, 0.2) is 10.9 Å². The summed E-state index contributed by atoms with van der Waals surface area (Å²) in [6, 6.07) is 16.4. The number of benzene rings is 3. The van der Waals surface area contributed by atoms with Crippen LogP contribution in [0.15, 0.2) is 54.6 Å². The number of carbonyl (C=O) groups is 4. The lowest BCUT2D eigenvalue weighted by atomic mass is 9.90. The van der Waals surface area contributed by atoms with Gasteiger partial charge in [-0.05, 0) is 119 Å². The number of imide groups is 1. The van der Waals surface area contributed by atoms with Crippen LogP contribution < -0.4 is 19.9 Å². The van der Waals surface area contributed by atoms with Gasteiger partial charge in [-0.1, -0.05) is 31.2 Å². The molecule has 3 saturated heterocycles. The Morgan fingerprint density at radius 2 is 1.73 bits per heavy atom. The average molecular weight is 845 g/mol. The minimum Gasteiger partial charge on any atom is -0.492 e. The predicted octanol–water partition coefficient (Wildman–Crippen LogP) is 6.55. The van der Waals surface area contributed by atoms with Crippen molar-refractivity contribution in [3.05, 3.63) is 88.0 Å². The molecule has 3 aliphatic rings. The molecular weight excluding hydrogens is 794 g/mol. The monoisotopic (exact) mass is 844 g/mol. The zero-order valence-corrected chi connectivity index (χ0v) is 35.6. The first-order valence-corrected chi connectivity index (χ1v) is 20.7. The molecule has 0 bridgehead atoms. The third-order valence-electron chi connectivity index (χ3n) is 11.9. The van der Waals surface area contributed by atoms with Crippen LogP contribution in [-0.4, -0.2) is 88.8 Å². The van der Waals surface area contributed by atoms with Crippen molar-refractivity contribution >= 4 is 52.2 Å². The van der Waals surface area contributed by atoms with E-state index in [1.54, 1.807) is 24.8 Å². The molecule has 60 heavy (non-hydrogen) atoms. The molecule has 15 heteroatoms. The Bertz CT molecular complexity index is 2230. The van der Waals surface area contributed by atoms with E-state index in [-0.39, 0.29) is 46.4 Å². The highest BCUT2D eigenvalue weighted by atomic mass is 32.1. The number of amides is 3. The van der Waals surface area contributed by atoms with Crippen LogP contribution in [0.3, 0.4) is 0 Å². The number of hydrogen-bond donors (Lipinski definition) is 1. The number of anilines is 2. The Labute approximate surface area is 354 Å². The van der Waals surface area contributed by atoms with Gasteiger partial charge in [-0.2, -0.15) is 18.4 Å². The zero-order chi connectivity index (χ0) is 43.7. The number of thiocarbonyl (C=S) groups is 1. The predicted molar refractivity (Wildman–Crippen MR) is 226 cm³/mol. The second-order valence-electron chi connectivity index (χ2n) is 16.6. The molecule has 3 amide bonds. The molecule has 0 saturated carbocycles. The number of piperidine rings is 1. The highest BCUT2D eigenvalue weighted by Crippen LogP contribution is 2.42. The van der Waals surface area contributed by atoms with Crippen LogP contribution >= 0.6 is 12.2 Å². The molecule has 3 aromatic rings. The van der Waals surface area contributed by atoms with Crippen molar-refractivity contribution in [2.45, 2.75) is 97.4 Å². The lowest BCUT2D eigenvalue weighted by Crippen LogP contribution is -2.58. The van der Waals surface area contributed by atoms with Crippen LogP contribution in [0.2, 0.25) is 0 Å². The minimum atomic E-state index is -4.80. The number of carbonyl (C=O) groups excluding carboxylic acids is 4. The van der Waals surface area contributed by atoms with E-state index in [0.717, 1.165) is 52.4 Å². The van der Waals surface area contributed by atoms with E-state index < -0.39 is 28.7 Å². The molecule has 0 aliphatic carbocycles. The SMILES string of the molecule is CCc1c(OCCN2C[C@@H](C)N(CC(=O)Cc3cccc(CC4CCC(=O)NC4=O)c3)[C@@H](C)C2)ccc(N2C(=S)N(c3ccc(C#N)c(C(F)(F)F)c3)C(=O)C2(C)C)c1C. The summed E-state index contributed by atoms with van der Waals surface area (Å²) < 4.78 is 47.9. The first-order valence-electron chi connectivity index (χ1n) is 20.3. The molecule has 3 aromatic carbocycles. The van der Waals surface area contributed by atoms with Gasteiger partial charge in [0.1, 0.15) is 17.9 Å². The van der Waals surface area contributed by atoms with Crippen LogP contribution in [0.1, 0.15) is 80.8 Å². The minimum absolute atomic E-state index is 0.0296. The molecule has 3 aliphatic heterocycles. The number of hydrogen-bond acceptors (Lipinski definition) is 9. The van der Waals surface area contributed by atoms with Gasteiger partial charge in [0.2, 0.25) is 11.8 Å². The Kier molecular flexibility index (Phi) is 13.2. The summed E-state index contributed by atoms with van der Waals surface area (Å²) in [5.41, 5.74) is 1.29. The molecule has 1 N–H and O–H groups in total. The zero-order valence-electron chi connectivity index (χ0n) is 34.8. The molecule has 0 spiro atoms. The van der Waals surface area contributed by atoms with Crippen molar-refractivity contribution in [3.8, 4) is 11.8 Å². The first kappa shape index (κ1) is 44.4. The number of rotatable bonds is 13. The van der Waals surface area contributed by atoms with Crippen molar-refractivity contribution in [1.29, 1.82) is 5.26 Å². The van der Waals surface area contributed by atoms with E-state index >= 15 is 0 Å². The van der Waals surface area contributed by atoms with Crippen LogP contribution in [0, 0.1) is 24.2 Å². The maximum atomic E-state index is 13.8. The summed E-state index contributed by atoms with van der Waals surface area (Å²) in [7, 11) is 0. The highest BCUT2D eigenvalue weighted by Gasteiger charge is 2.51. The number of piperazine rings is 1. The molecule has 318 valence electrons. The average Bonchev–Trinajstić information content (AvgIpc) is 3.35. The number of nitriles is 1. The summed E-state index contributed by atoms with van der Waals surface area (Å²) in [5, 5.41) is 11.7. The van der Waals surface area contributed by atoms with Gasteiger partial charge < -0.3 is 9.64 Å². The third kappa shape index (κ3) is 9.26. The summed E-state index contributed by atoms with van der Waals surface area (Å²) >= 11 is 5.79. The van der Waals surface area contributed by atoms with Crippen molar-refractivity contribution in [2.75, 3.05) is 42.6 Å². The fourth-order valence-electron chi connectivity index (χ4n) is 8.78. The maximum Gasteiger partial charge on any atom is 0.417 e. The van der Waals surface area contributed by atoms with Gasteiger partial charge in [-0.25, -0.2) is 0 Å². The van der Waals surface area contributed by atoms with E-state index in [1.165, 1.54) is 6.07 Å². The maximum absolute atomic E-state index is 13.8. The quantitative estimate of drug-likeness (QED) is 0.150. The topological polar surface area (TPSA) is 126 Å². The number of ketones is 1. The van der Waals surface area contributed by atoms with Crippen LogP contribution in [0.5, 0.6) is 5.75 Å². The number of alkyl halides is 3. The Balaban J connectivity index is 1.05. The number of nitrogens with zero attached hydrogens (tertiary/aromatic N) is 5. The van der Waals surface area contributed by atoms with E-state index in [9.17, 15) is 37.6 Å². The van der Waals surface area contributed by atoms with Gasteiger partial charge in [0.05, 0.1) is 29.4 Å². The highest BCUT2D eigenvalue weighted by molar-refractivity contribution is 7.81. The van der Waals surface area contributed by atoms with Crippen LogP contribution in [-0.2, 0) is 44.6 Å². The Morgan fingerprint density at radius 3 is 2.38 bits per heavy atom. The van der Waals surface area contributed by atoms with Crippen molar-refractivity contribution in [3.63, 3.8) is 0 Å². The van der Waals surface area contributed by atoms with Gasteiger partial charge in [0.25, 0.3) is 5.91 Å². The van der Waals surface area contributed by atoms with E-state index in [4.69, 9.17) is 17.0 Å².